The normalized spacial score (nSPS) is 10.8. The molecule has 0 amide bonds. The van der Waals surface area contributed by atoms with Gasteiger partial charge in [0, 0.05) is 5.02 Å². The van der Waals surface area contributed by atoms with E-state index in [1.165, 1.54) is 6.07 Å². The molecule has 0 aromatic heterocycles. The van der Waals surface area contributed by atoms with E-state index in [4.69, 9.17) is 17.3 Å². The van der Waals surface area contributed by atoms with E-state index >= 15 is 0 Å². The quantitative estimate of drug-likeness (QED) is 0.755. The molecule has 0 saturated heterocycles. The molecule has 1 nitrogen and oxygen atoms in total. The van der Waals surface area contributed by atoms with Gasteiger partial charge in [0.2, 0.25) is 0 Å². The molecule has 0 unspecified atom stereocenters. The summed E-state index contributed by atoms with van der Waals surface area (Å²) in [7, 11) is 0. The van der Waals surface area contributed by atoms with Gasteiger partial charge in [-0.3, -0.25) is 0 Å². The second kappa shape index (κ2) is 6.87. The van der Waals surface area contributed by atoms with Gasteiger partial charge in [-0.05, 0) is 49.9 Å². The third kappa shape index (κ3) is 4.11. The lowest BCUT2D eigenvalue weighted by Gasteiger charge is -2.06. The molecule has 90 valence electrons. The van der Waals surface area contributed by atoms with Gasteiger partial charge in [-0.1, -0.05) is 30.5 Å². The maximum atomic E-state index is 13.1. The number of rotatable bonds is 6. The van der Waals surface area contributed by atoms with Gasteiger partial charge in [-0.15, -0.1) is 0 Å². The lowest BCUT2D eigenvalue weighted by atomic mass is 10.0. The number of unbranched alkanes of at least 4 members (excludes halogenated alkanes) is 3. The fourth-order valence-electron chi connectivity index (χ4n) is 1.72. The molecule has 16 heavy (non-hydrogen) atoms. The molecule has 0 fully saturated rings. The van der Waals surface area contributed by atoms with Crippen LogP contribution in [0.1, 0.15) is 36.8 Å². The van der Waals surface area contributed by atoms with Crippen molar-refractivity contribution >= 4 is 11.6 Å². The molecule has 3 heteroatoms. The van der Waals surface area contributed by atoms with Crippen molar-refractivity contribution in [3.8, 4) is 0 Å². The van der Waals surface area contributed by atoms with Crippen LogP contribution in [-0.2, 0) is 6.42 Å². The largest absolute Gasteiger partial charge is 0.330 e. The summed E-state index contributed by atoms with van der Waals surface area (Å²) in [6.45, 7) is 2.53. The van der Waals surface area contributed by atoms with Gasteiger partial charge in [-0.2, -0.15) is 0 Å². The molecule has 1 aromatic rings. The molecule has 0 radical (unpaired) electrons. The average molecular weight is 244 g/mol. The van der Waals surface area contributed by atoms with E-state index in [1.807, 2.05) is 6.07 Å². The summed E-state index contributed by atoms with van der Waals surface area (Å²) in [5.74, 6) is -0.225. The first-order chi connectivity index (χ1) is 7.65. The first kappa shape index (κ1) is 13.5. The third-order valence-corrected chi connectivity index (χ3v) is 3.08. The van der Waals surface area contributed by atoms with Crippen LogP contribution in [0.2, 0.25) is 5.02 Å². The van der Waals surface area contributed by atoms with Crippen LogP contribution < -0.4 is 5.73 Å². The standard InChI is InChI=1S/C13H19ClFN/c1-10-8-11(12(14)9-13(10)15)6-4-2-3-5-7-16/h8-9H,2-7,16H2,1H3. The number of halogens is 2. The summed E-state index contributed by atoms with van der Waals surface area (Å²) >= 11 is 5.98. The van der Waals surface area contributed by atoms with E-state index in [9.17, 15) is 4.39 Å². The predicted octanol–water partition coefficient (Wildman–Crippen LogP) is 3.85. The lowest BCUT2D eigenvalue weighted by Crippen LogP contribution is -1.98. The minimum absolute atomic E-state index is 0.225. The number of hydrogen-bond donors (Lipinski definition) is 1. The van der Waals surface area contributed by atoms with Crippen LogP contribution in [0.3, 0.4) is 0 Å². The van der Waals surface area contributed by atoms with Crippen molar-refractivity contribution in [1.29, 1.82) is 0 Å². The Morgan fingerprint density at radius 3 is 2.56 bits per heavy atom. The highest BCUT2D eigenvalue weighted by atomic mass is 35.5. The van der Waals surface area contributed by atoms with Crippen molar-refractivity contribution in [2.45, 2.75) is 39.0 Å². The zero-order valence-electron chi connectivity index (χ0n) is 9.73. The van der Waals surface area contributed by atoms with Crippen LogP contribution in [0.5, 0.6) is 0 Å². The molecule has 0 saturated carbocycles. The molecule has 0 atom stereocenters. The van der Waals surface area contributed by atoms with Crippen LogP contribution in [-0.4, -0.2) is 6.54 Å². The molecular formula is C13H19ClFN. The summed E-state index contributed by atoms with van der Waals surface area (Å²) in [6.07, 6.45) is 5.41. The zero-order valence-corrected chi connectivity index (χ0v) is 10.5. The maximum absolute atomic E-state index is 13.1. The second-order valence-corrected chi connectivity index (χ2v) is 4.55. The summed E-state index contributed by atoms with van der Waals surface area (Å²) in [6, 6.07) is 3.26. The second-order valence-electron chi connectivity index (χ2n) is 4.15. The monoisotopic (exact) mass is 243 g/mol. The smallest absolute Gasteiger partial charge is 0.127 e. The van der Waals surface area contributed by atoms with Crippen LogP contribution in [0, 0.1) is 12.7 Å². The first-order valence-electron chi connectivity index (χ1n) is 5.79. The zero-order chi connectivity index (χ0) is 12.0. The Hall–Kier alpha value is -0.600. The molecule has 0 aliphatic rings. The Bertz CT molecular complexity index is 339. The molecule has 0 bridgehead atoms. The Labute approximate surface area is 102 Å². The Balaban J connectivity index is 2.45. The van der Waals surface area contributed by atoms with Gasteiger partial charge >= 0.3 is 0 Å². The van der Waals surface area contributed by atoms with Crippen molar-refractivity contribution in [2.75, 3.05) is 6.54 Å². The van der Waals surface area contributed by atoms with E-state index in [0.29, 0.717) is 10.6 Å². The Morgan fingerprint density at radius 2 is 1.88 bits per heavy atom. The van der Waals surface area contributed by atoms with Gasteiger partial charge in [-0.25, -0.2) is 4.39 Å². The summed E-state index contributed by atoms with van der Waals surface area (Å²) in [4.78, 5) is 0. The lowest BCUT2D eigenvalue weighted by molar-refractivity contribution is 0.615. The van der Waals surface area contributed by atoms with Crippen molar-refractivity contribution in [3.63, 3.8) is 0 Å². The molecule has 0 spiro atoms. The van der Waals surface area contributed by atoms with Crippen molar-refractivity contribution in [1.82, 2.24) is 0 Å². The van der Waals surface area contributed by atoms with Gasteiger partial charge in [0.05, 0.1) is 0 Å². The van der Waals surface area contributed by atoms with Gasteiger partial charge < -0.3 is 5.73 Å². The van der Waals surface area contributed by atoms with E-state index in [1.54, 1.807) is 6.92 Å². The van der Waals surface area contributed by atoms with Crippen LogP contribution in [0.15, 0.2) is 12.1 Å². The number of hydrogen-bond acceptors (Lipinski definition) is 1. The average Bonchev–Trinajstić information content (AvgIpc) is 2.25. The predicted molar refractivity (Wildman–Crippen MR) is 67.4 cm³/mol. The highest BCUT2D eigenvalue weighted by Gasteiger charge is 2.05. The van der Waals surface area contributed by atoms with E-state index in [2.05, 4.69) is 0 Å². The minimum atomic E-state index is -0.225. The summed E-state index contributed by atoms with van der Waals surface area (Å²) in [5, 5.41) is 0.543. The van der Waals surface area contributed by atoms with Gasteiger partial charge in [0.25, 0.3) is 0 Å². The molecular weight excluding hydrogens is 225 g/mol. The SMILES string of the molecule is Cc1cc(CCCCCCN)c(Cl)cc1F. The molecule has 0 aliphatic heterocycles. The van der Waals surface area contributed by atoms with E-state index in [0.717, 1.165) is 44.2 Å². The Morgan fingerprint density at radius 1 is 1.19 bits per heavy atom. The van der Waals surface area contributed by atoms with Crippen molar-refractivity contribution in [2.24, 2.45) is 5.73 Å². The summed E-state index contributed by atoms with van der Waals surface area (Å²) in [5.41, 5.74) is 7.14. The van der Waals surface area contributed by atoms with Crippen molar-refractivity contribution < 1.29 is 4.39 Å². The van der Waals surface area contributed by atoms with E-state index < -0.39 is 0 Å². The number of aryl methyl sites for hydroxylation is 2. The molecule has 1 rings (SSSR count). The highest BCUT2D eigenvalue weighted by molar-refractivity contribution is 6.31. The van der Waals surface area contributed by atoms with Gasteiger partial charge in [0.15, 0.2) is 0 Å². The fourth-order valence-corrected chi connectivity index (χ4v) is 1.97. The highest BCUT2D eigenvalue weighted by Crippen LogP contribution is 2.22. The summed E-state index contributed by atoms with van der Waals surface area (Å²) < 4.78 is 13.1. The number of benzene rings is 1. The molecule has 2 N–H and O–H groups in total. The molecule has 0 heterocycles. The minimum Gasteiger partial charge on any atom is -0.330 e. The Kier molecular flexibility index (Phi) is 5.78. The topological polar surface area (TPSA) is 26.0 Å². The van der Waals surface area contributed by atoms with E-state index in [-0.39, 0.29) is 5.82 Å². The maximum Gasteiger partial charge on any atom is 0.127 e. The third-order valence-electron chi connectivity index (χ3n) is 2.73. The van der Waals surface area contributed by atoms with Crippen LogP contribution in [0.25, 0.3) is 0 Å². The fraction of sp³-hybridized carbons (Fsp3) is 0.538. The van der Waals surface area contributed by atoms with Gasteiger partial charge in [0.1, 0.15) is 5.82 Å². The molecule has 0 aliphatic carbocycles. The number of nitrogens with two attached hydrogens (primary N) is 1. The van der Waals surface area contributed by atoms with Crippen LogP contribution in [0.4, 0.5) is 4.39 Å². The van der Waals surface area contributed by atoms with Crippen molar-refractivity contribution in [3.05, 3.63) is 34.1 Å². The first-order valence-corrected chi connectivity index (χ1v) is 6.17. The molecule has 1 aromatic carbocycles. The van der Waals surface area contributed by atoms with Crippen LogP contribution >= 0.6 is 11.6 Å².